The van der Waals surface area contributed by atoms with Crippen LogP contribution >= 0.6 is 10.6 Å². The quantitative estimate of drug-likeness (QED) is 0.279. The van der Waals surface area contributed by atoms with E-state index in [1.54, 1.807) is 44.3 Å². The van der Waals surface area contributed by atoms with E-state index >= 15 is 0 Å². The average Bonchev–Trinajstić information content (AvgIpc) is 3.57. The summed E-state index contributed by atoms with van der Waals surface area (Å²) in [6.07, 6.45) is 3.88. The highest BCUT2D eigenvalue weighted by atomic mass is 32.3. The molecule has 2 aromatic heterocycles. The van der Waals surface area contributed by atoms with E-state index in [0.717, 1.165) is 24.1 Å². The van der Waals surface area contributed by atoms with Gasteiger partial charge in [0.2, 0.25) is 5.89 Å². The van der Waals surface area contributed by atoms with Crippen molar-refractivity contribution in [2.24, 2.45) is 0 Å². The SMILES string of the molecule is CC(C)S(O)(O)c1ccc(-c2cnc(N)c(-c3nnc(-c4ccc(C5CCCN5)cc4)o3)n2)cc1. The molecule has 182 valence electrons. The predicted octanol–water partition coefficient (Wildman–Crippen LogP) is 5.39. The third-order valence-electron chi connectivity index (χ3n) is 6.20. The second kappa shape index (κ2) is 9.38. The fourth-order valence-electron chi connectivity index (χ4n) is 4.06. The van der Waals surface area contributed by atoms with Crippen LogP contribution in [0.15, 0.2) is 64.0 Å². The lowest BCUT2D eigenvalue weighted by Gasteiger charge is -2.36. The molecule has 1 saturated heterocycles. The maximum Gasteiger partial charge on any atom is 0.270 e. The van der Waals surface area contributed by atoms with E-state index in [1.165, 1.54) is 12.0 Å². The Morgan fingerprint density at radius 2 is 1.69 bits per heavy atom. The number of anilines is 1. The fraction of sp³-hybridized carbons (Fsp3) is 0.280. The average molecular weight is 493 g/mol. The third kappa shape index (κ3) is 4.65. The molecule has 35 heavy (non-hydrogen) atoms. The zero-order chi connectivity index (χ0) is 24.6. The van der Waals surface area contributed by atoms with Crippen LogP contribution in [-0.4, -0.2) is 41.1 Å². The van der Waals surface area contributed by atoms with Crippen LogP contribution in [0.1, 0.15) is 38.3 Å². The highest BCUT2D eigenvalue weighted by Gasteiger charge is 2.21. The minimum absolute atomic E-state index is 0.178. The first-order chi connectivity index (χ1) is 16.8. The molecule has 3 heterocycles. The molecule has 0 aliphatic carbocycles. The van der Waals surface area contributed by atoms with E-state index in [1.807, 2.05) is 12.1 Å². The Balaban J connectivity index is 1.40. The zero-order valence-corrected chi connectivity index (χ0v) is 20.4. The molecule has 0 radical (unpaired) electrons. The van der Waals surface area contributed by atoms with Gasteiger partial charge in [-0.25, -0.2) is 9.97 Å². The summed E-state index contributed by atoms with van der Waals surface area (Å²) in [4.78, 5) is 9.34. The fourth-order valence-corrected chi connectivity index (χ4v) is 5.14. The summed E-state index contributed by atoms with van der Waals surface area (Å²) in [5.41, 5.74) is 9.73. The maximum absolute atomic E-state index is 10.4. The summed E-state index contributed by atoms with van der Waals surface area (Å²) < 4.78 is 26.7. The van der Waals surface area contributed by atoms with Crippen LogP contribution < -0.4 is 11.1 Å². The van der Waals surface area contributed by atoms with Crippen LogP contribution in [-0.2, 0) is 0 Å². The number of hydrogen-bond acceptors (Lipinski definition) is 9. The molecule has 1 atom stereocenters. The number of nitrogens with one attached hydrogen (secondary N) is 1. The highest BCUT2D eigenvalue weighted by molar-refractivity contribution is 8.24. The number of aromatic nitrogens is 4. The smallest absolute Gasteiger partial charge is 0.270 e. The van der Waals surface area contributed by atoms with Crippen molar-refractivity contribution in [1.82, 2.24) is 25.5 Å². The lowest BCUT2D eigenvalue weighted by Crippen LogP contribution is -2.12. The van der Waals surface area contributed by atoms with Crippen molar-refractivity contribution >= 4 is 16.4 Å². The van der Waals surface area contributed by atoms with E-state index in [0.29, 0.717) is 28.2 Å². The number of rotatable bonds is 6. The van der Waals surface area contributed by atoms with Gasteiger partial charge in [-0.3, -0.25) is 9.11 Å². The monoisotopic (exact) mass is 492 g/mol. The molecule has 9 nitrogen and oxygen atoms in total. The molecule has 1 aliphatic rings. The summed E-state index contributed by atoms with van der Waals surface area (Å²) in [7, 11) is -2.86. The van der Waals surface area contributed by atoms with Crippen molar-refractivity contribution in [3.8, 4) is 34.3 Å². The van der Waals surface area contributed by atoms with Gasteiger partial charge in [-0.05, 0) is 63.1 Å². The predicted molar refractivity (Wildman–Crippen MR) is 137 cm³/mol. The van der Waals surface area contributed by atoms with Crippen LogP contribution in [0, 0.1) is 0 Å². The first-order valence-electron chi connectivity index (χ1n) is 11.5. The first-order valence-corrected chi connectivity index (χ1v) is 13.1. The molecule has 0 amide bonds. The standard InChI is InChI=1S/C25H28N6O3S/c1-15(2)35(32,33)19-11-9-17(10-12-19)21-14-28-23(26)22(29-21)25-31-30-24(34-25)18-7-5-16(6-8-18)20-4-3-13-27-20/h5-12,14-15,20,27,32-33H,3-4,13H2,1-2H3,(H2,26,28). The normalized spacial score (nSPS) is 16.7. The minimum Gasteiger partial charge on any atom is -0.414 e. The topological polar surface area (TPSA) is 143 Å². The van der Waals surface area contributed by atoms with Crippen LogP contribution in [0.3, 0.4) is 0 Å². The Morgan fingerprint density at radius 1 is 1.00 bits per heavy atom. The molecular weight excluding hydrogens is 464 g/mol. The largest absolute Gasteiger partial charge is 0.414 e. The lowest BCUT2D eigenvalue weighted by atomic mass is 10.0. The minimum atomic E-state index is -2.86. The van der Waals surface area contributed by atoms with Crippen molar-refractivity contribution in [1.29, 1.82) is 0 Å². The van der Waals surface area contributed by atoms with Crippen molar-refractivity contribution in [2.45, 2.75) is 42.9 Å². The molecule has 0 saturated carbocycles. The second-order valence-corrected chi connectivity index (χ2v) is 11.4. The molecule has 5 N–H and O–H groups in total. The summed E-state index contributed by atoms with van der Waals surface area (Å²) in [6.45, 7) is 4.61. The van der Waals surface area contributed by atoms with Gasteiger partial charge in [0.15, 0.2) is 11.5 Å². The number of nitrogens with zero attached hydrogens (tertiary/aromatic N) is 4. The summed E-state index contributed by atoms with van der Waals surface area (Å²) in [5.74, 6) is 0.733. The van der Waals surface area contributed by atoms with E-state index in [2.05, 4.69) is 37.6 Å². The van der Waals surface area contributed by atoms with Crippen molar-refractivity contribution in [3.05, 3.63) is 60.3 Å². The molecule has 2 aromatic carbocycles. The van der Waals surface area contributed by atoms with Crippen molar-refractivity contribution in [2.75, 3.05) is 12.3 Å². The Hall–Kier alpha value is -3.31. The van der Waals surface area contributed by atoms with Gasteiger partial charge in [-0.1, -0.05) is 24.3 Å². The van der Waals surface area contributed by atoms with Gasteiger partial charge in [-0.15, -0.1) is 10.2 Å². The number of nitrogen functional groups attached to an aromatic ring is 1. The Bertz CT molecular complexity index is 1320. The van der Waals surface area contributed by atoms with Crippen LogP contribution in [0.25, 0.3) is 34.3 Å². The Morgan fingerprint density at radius 3 is 2.34 bits per heavy atom. The van der Waals surface area contributed by atoms with Crippen molar-refractivity contribution < 1.29 is 13.5 Å². The molecule has 1 fully saturated rings. The van der Waals surface area contributed by atoms with Crippen LogP contribution in [0.4, 0.5) is 5.82 Å². The molecule has 10 heteroatoms. The maximum atomic E-state index is 10.4. The van der Waals surface area contributed by atoms with E-state index in [-0.39, 0.29) is 17.0 Å². The Kier molecular flexibility index (Phi) is 6.28. The first kappa shape index (κ1) is 23.4. The number of benzene rings is 2. The zero-order valence-electron chi connectivity index (χ0n) is 19.5. The van der Waals surface area contributed by atoms with Crippen LogP contribution in [0.5, 0.6) is 0 Å². The van der Waals surface area contributed by atoms with Gasteiger partial charge in [0.25, 0.3) is 5.89 Å². The number of nitrogens with two attached hydrogens (primary N) is 1. The summed E-state index contributed by atoms with van der Waals surface area (Å²) in [6, 6.07) is 15.4. The Labute approximate surface area is 205 Å². The van der Waals surface area contributed by atoms with Gasteiger partial charge in [0, 0.05) is 22.4 Å². The molecule has 1 aliphatic heterocycles. The van der Waals surface area contributed by atoms with Gasteiger partial charge >= 0.3 is 0 Å². The van der Waals surface area contributed by atoms with Gasteiger partial charge < -0.3 is 15.5 Å². The molecule has 0 bridgehead atoms. The third-order valence-corrected chi connectivity index (χ3v) is 8.48. The van der Waals surface area contributed by atoms with E-state index < -0.39 is 10.6 Å². The lowest BCUT2D eigenvalue weighted by molar-refractivity contribution is 0.476. The van der Waals surface area contributed by atoms with Gasteiger partial charge in [-0.2, -0.15) is 10.6 Å². The number of hydrogen-bond donors (Lipinski definition) is 4. The van der Waals surface area contributed by atoms with Gasteiger partial charge in [0.1, 0.15) is 0 Å². The van der Waals surface area contributed by atoms with E-state index in [4.69, 9.17) is 10.2 Å². The van der Waals surface area contributed by atoms with Gasteiger partial charge in [0.05, 0.1) is 16.8 Å². The second-order valence-electron chi connectivity index (χ2n) is 8.84. The van der Waals surface area contributed by atoms with Crippen molar-refractivity contribution in [3.63, 3.8) is 0 Å². The summed E-state index contributed by atoms with van der Waals surface area (Å²) >= 11 is 0. The molecule has 0 spiro atoms. The molecular formula is C25H28N6O3S. The van der Waals surface area contributed by atoms with E-state index in [9.17, 15) is 9.11 Å². The van der Waals surface area contributed by atoms with Crippen LogP contribution in [0.2, 0.25) is 0 Å². The molecule has 4 aromatic rings. The molecule has 5 rings (SSSR count). The molecule has 1 unspecified atom stereocenters. The highest BCUT2D eigenvalue weighted by Crippen LogP contribution is 2.52. The summed E-state index contributed by atoms with van der Waals surface area (Å²) in [5, 5.41) is 11.5.